The molecule has 0 radical (unpaired) electrons. The Kier molecular flexibility index (Phi) is 6.29. The van der Waals surface area contributed by atoms with Crippen LogP contribution in [0.25, 0.3) is 16.9 Å². The Morgan fingerprint density at radius 3 is 2.56 bits per heavy atom. The van der Waals surface area contributed by atoms with E-state index in [2.05, 4.69) is 15.1 Å². The van der Waals surface area contributed by atoms with Gasteiger partial charge in [0.1, 0.15) is 17.5 Å². The van der Waals surface area contributed by atoms with E-state index in [0.29, 0.717) is 23.6 Å². The standard InChI is InChI=1S/C23H18ClN7O3/c1-2-33-17-10-13(20-15(11-25)21(26)30-23(27)29-20)8-9-16(17)34-18-12-28-31(22(32)19(18)24)14-6-4-3-5-7-14/h3-10,12H,2H2,1H3,(H4,26,27,29,30). The molecule has 11 heteroatoms. The van der Waals surface area contributed by atoms with E-state index in [0.717, 1.165) is 0 Å². The zero-order valence-corrected chi connectivity index (χ0v) is 18.7. The molecule has 4 rings (SSSR count). The number of nitrogens with zero attached hydrogens (tertiary/aromatic N) is 5. The summed E-state index contributed by atoms with van der Waals surface area (Å²) >= 11 is 6.31. The molecule has 10 nitrogen and oxygen atoms in total. The maximum atomic E-state index is 12.8. The number of halogens is 1. The van der Waals surface area contributed by atoms with Gasteiger partial charge in [-0.05, 0) is 37.3 Å². The van der Waals surface area contributed by atoms with Crippen LogP contribution in [0.2, 0.25) is 5.02 Å². The van der Waals surface area contributed by atoms with Crippen LogP contribution in [0.3, 0.4) is 0 Å². The third-order valence-corrected chi connectivity index (χ3v) is 5.04. The van der Waals surface area contributed by atoms with Gasteiger partial charge in [0.15, 0.2) is 22.3 Å². The van der Waals surface area contributed by atoms with E-state index < -0.39 is 5.56 Å². The summed E-state index contributed by atoms with van der Waals surface area (Å²) in [5.74, 6) is 0.560. The Labute approximate surface area is 199 Å². The van der Waals surface area contributed by atoms with Crippen LogP contribution in [0.15, 0.2) is 59.5 Å². The summed E-state index contributed by atoms with van der Waals surface area (Å²) in [6.45, 7) is 2.12. The first kappa shape index (κ1) is 22.6. The molecule has 0 amide bonds. The minimum atomic E-state index is -0.537. The van der Waals surface area contributed by atoms with Crippen molar-refractivity contribution in [2.75, 3.05) is 18.1 Å². The van der Waals surface area contributed by atoms with E-state index in [9.17, 15) is 10.1 Å². The van der Waals surface area contributed by atoms with Crippen molar-refractivity contribution in [3.8, 4) is 40.3 Å². The maximum absolute atomic E-state index is 12.8. The Morgan fingerprint density at radius 2 is 1.85 bits per heavy atom. The van der Waals surface area contributed by atoms with Crippen molar-refractivity contribution in [1.82, 2.24) is 19.7 Å². The lowest BCUT2D eigenvalue weighted by molar-refractivity contribution is 0.321. The van der Waals surface area contributed by atoms with E-state index in [1.165, 1.54) is 10.9 Å². The molecule has 4 N–H and O–H groups in total. The second-order valence-electron chi connectivity index (χ2n) is 6.87. The lowest BCUT2D eigenvalue weighted by Gasteiger charge is -2.15. The van der Waals surface area contributed by atoms with Crippen LogP contribution in [-0.2, 0) is 0 Å². The molecule has 2 heterocycles. The summed E-state index contributed by atoms with van der Waals surface area (Å²) in [5.41, 5.74) is 12.4. The SMILES string of the molecule is CCOc1cc(-c2nc(N)nc(N)c2C#N)ccc1Oc1cnn(-c2ccccc2)c(=O)c1Cl. The van der Waals surface area contributed by atoms with Gasteiger partial charge in [0, 0.05) is 5.56 Å². The lowest BCUT2D eigenvalue weighted by atomic mass is 10.1. The van der Waals surface area contributed by atoms with Gasteiger partial charge in [0.25, 0.3) is 5.56 Å². The number of benzene rings is 2. The zero-order valence-electron chi connectivity index (χ0n) is 17.9. The van der Waals surface area contributed by atoms with Gasteiger partial charge in [-0.25, -0.2) is 4.98 Å². The van der Waals surface area contributed by atoms with E-state index in [4.69, 9.17) is 32.5 Å². The van der Waals surface area contributed by atoms with Crippen LogP contribution in [-0.4, -0.2) is 26.4 Å². The molecular weight excluding hydrogens is 458 g/mol. The number of rotatable bonds is 6. The second-order valence-corrected chi connectivity index (χ2v) is 7.25. The molecule has 2 aromatic carbocycles. The van der Waals surface area contributed by atoms with E-state index >= 15 is 0 Å². The van der Waals surface area contributed by atoms with Gasteiger partial charge in [-0.2, -0.15) is 20.0 Å². The highest BCUT2D eigenvalue weighted by Crippen LogP contribution is 2.37. The molecule has 0 bridgehead atoms. The molecule has 0 saturated heterocycles. The van der Waals surface area contributed by atoms with Crippen LogP contribution in [0.5, 0.6) is 17.2 Å². The van der Waals surface area contributed by atoms with Crippen molar-refractivity contribution >= 4 is 23.4 Å². The van der Waals surface area contributed by atoms with Gasteiger partial charge in [0.2, 0.25) is 5.95 Å². The monoisotopic (exact) mass is 475 g/mol. The van der Waals surface area contributed by atoms with Crippen LogP contribution in [0, 0.1) is 11.3 Å². The van der Waals surface area contributed by atoms with E-state index in [-0.39, 0.29) is 39.5 Å². The van der Waals surface area contributed by atoms with Gasteiger partial charge < -0.3 is 20.9 Å². The first-order chi connectivity index (χ1) is 16.4. The first-order valence-corrected chi connectivity index (χ1v) is 10.4. The fourth-order valence-electron chi connectivity index (χ4n) is 3.18. The molecule has 0 aliphatic heterocycles. The van der Waals surface area contributed by atoms with Gasteiger partial charge >= 0.3 is 0 Å². The van der Waals surface area contributed by atoms with Crippen molar-refractivity contribution in [2.45, 2.75) is 6.92 Å². The zero-order chi connectivity index (χ0) is 24.2. The maximum Gasteiger partial charge on any atom is 0.294 e. The summed E-state index contributed by atoms with van der Waals surface area (Å²) < 4.78 is 12.8. The summed E-state index contributed by atoms with van der Waals surface area (Å²) in [5, 5.41) is 13.5. The molecule has 0 atom stereocenters. The van der Waals surface area contributed by atoms with Crippen molar-refractivity contribution < 1.29 is 9.47 Å². The molecule has 0 unspecified atom stereocenters. The van der Waals surface area contributed by atoms with Crippen molar-refractivity contribution in [3.05, 3.63) is 75.7 Å². The highest BCUT2D eigenvalue weighted by Gasteiger charge is 2.18. The fraction of sp³-hybridized carbons (Fsp3) is 0.0870. The third kappa shape index (κ3) is 4.32. The molecule has 0 fully saturated rings. The first-order valence-electron chi connectivity index (χ1n) is 10.0. The van der Waals surface area contributed by atoms with Gasteiger partial charge in [-0.1, -0.05) is 29.8 Å². The van der Waals surface area contributed by atoms with Gasteiger partial charge in [-0.15, -0.1) is 0 Å². The predicted molar refractivity (Wildman–Crippen MR) is 127 cm³/mol. The topological polar surface area (TPSA) is 155 Å². The van der Waals surface area contributed by atoms with Gasteiger partial charge in [0.05, 0.1) is 24.2 Å². The Hall–Kier alpha value is -4.62. The predicted octanol–water partition coefficient (Wildman–Crippen LogP) is 3.57. The van der Waals surface area contributed by atoms with Crippen molar-refractivity contribution in [3.63, 3.8) is 0 Å². The quantitative estimate of drug-likeness (QED) is 0.425. The van der Waals surface area contributed by atoms with Crippen LogP contribution < -0.4 is 26.5 Å². The lowest BCUT2D eigenvalue weighted by Crippen LogP contribution is -2.21. The Morgan fingerprint density at radius 1 is 1.09 bits per heavy atom. The average Bonchev–Trinajstić information content (AvgIpc) is 2.83. The van der Waals surface area contributed by atoms with E-state index in [1.807, 2.05) is 12.1 Å². The van der Waals surface area contributed by atoms with Crippen LogP contribution in [0.4, 0.5) is 11.8 Å². The second kappa shape index (κ2) is 9.48. The Balaban J connectivity index is 1.74. The third-order valence-electron chi connectivity index (χ3n) is 4.69. The van der Waals surface area contributed by atoms with Gasteiger partial charge in [-0.3, -0.25) is 4.79 Å². The number of hydrogen-bond acceptors (Lipinski definition) is 9. The number of nitrogens with two attached hydrogens (primary N) is 2. The number of aromatic nitrogens is 4. The highest BCUT2D eigenvalue weighted by atomic mass is 35.5. The highest BCUT2D eigenvalue weighted by molar-refractivity contribution is 6.31. The number of hydrogen-bond donors (Lipinski definition) is 2. The smallest absolute Gasteiger partial charge is 0.294 e. The Bertz CT molecular complexity index is 1470. The summed E-state index contributed by atoms with van der Waals surface area (Å²) in [4.78, 5) is 20.7. The molecule has 0 spiro atoms. The molecule has 170 valence electrons. The fourth-order valence-corrected chi connectivity index (χ4v) is 3.35. The molecule has 0 aliphatic rings. The van der Waals surface area contributed by atoms with Crippen LogP contribution >= 0.6 is 11.6 Å². The normalized spacial score (nSPS) is 10.5. The molecule has 34 heavy (non-hydrogen) atoms. The number of anilines is 2. The summed E-state index contributed by atoms with van der Waals surface area (Å²) in [7, 11) is 0. The molecular formula is C23H18ClN7O3. The number of nitrogen functional groups attached to an aromatic ring is 2. The number of ether oxygens (including phenoxy) is 2. The van der Waals surface area contributed by atoms with Crippen LogP contribution in [0.1, 0.15) is 12.5 Å². The molecule has 4 aromatic rings. The van der Waals surface area contributed by atoms with E-state index in [1.54, 1.807) is 49.4 Å². The average molecular weight is 476 g/mol. The minimum absolute atomic E-state index is 0.0277. The number of nitriles is 1. The summed E-state index contributed by atoms with van der Waals surface area (Å²) in [6.07, 6.45) is 1.35. The molecule has 0 saturated carbocycles. The number of para-hydroxylation sites is 1. The molecule has 0 aliphatic carbocycles. The van der Waals surface area contributed by atoms with Crippen molar-refractivity contribution in [1.29, 1.82) is 5.26 Å². The summed E-state index contributed by atoms with van der Waals surface area (Å²) in [6, 6.07) is 15.7. The van der Waals surface area contributed by atoms with Crippen molar-refractivity contribution in [2.24, 2.45) is 0 Å². The largest absolute Gasteiger partial charge is 0.490 e. The minimum Gasteiger partial charge on any atom is -0.490 e. The molecule has 2 aromatic heterocycles.